The molecule has 0 fully saturated rings. The molecule has 2 aliphatic rings. The van der Waals surface area contributed by atoms with E-state index in [2.05, 4.69) is 22.0 Å². The number of methoxy groups -OCH3 is 1. The first kappa shape index (κ1) is 20.9. The van der Waals surface area contributed by atoms with Crippen molar-refractivity contribution in [1.82, 2.24) is 19.4 Å². The lowest BCUT2D eigenvalue weighted by molar-refractivity contribution is 0.0728. The zero-order valence-corrected chi connectivity index (χ0v) is 18.9. The highest BCUT2D eigenvalue weighted by atomic mass is 32.1. The Morgan fingerprint density at radius 1 is 1.12 bits per heavy atom. The number of pyridine rings is 1. The Balaban J connectivity index is 1.46. The van der Waals surface area contributed by atoms with Crippen molar-refractivity contribution in [1.29, 1.82) is 0 Å². The Morgan fingerprint density at radius 2 is 1.97 bits per heavy atom. The molecule has 5 rings (SSSR count). The molecule has 166 valence electrons. The molecule has 4 heterocycles. The van der Waals surface area contributed by atoms with E-state index in [1.165, 1.54) is 24.3 Å². The van der Waals surface area contributed by atoms with Gasteiger partial charge in [0.15, 0.2) is 0 Å². The van der Waals surface area contributed by atoms with Gasteiger partial charge in [-0.2, -0.15) is 0 Å². The van der Waals surface area contributed by atoms with E-state index >= 15 is 0 Å². The number of nitrogens with zero attached hydrogens (tertiary/aromatic N) is 4. The molecule has 0 unspecified atom stereocenters. The van der Waals surface area contributed by atoms with Crippen LogP contribution >= 0.6 is 11.3 Å². The Morgan fingerprint density at radius 3 is 2.75 bits per heavy atom. The average Bonchev–Trinajstić information content (AvgIpc) is 3.24. The zero-order valence-electron chi connectivity index (χ0n) is 18.1. The second kappa shape index (κ2) is 8.88. The van der Waals surface area contributed by atoms with E-state index in [0.29, 0.717) is 37.4 Å². The smallest absolute Gasteiger partial charge is 0.259 e. The van der Waals surface area contributed by atoms with Crippen LogP contribution in [0.2, 0.25) is 0 Å². The summed E-state index contributed by atoms with van der Waals surface area (Å²) in [6.45, 7) is 4.04. The van der Waals surface area contributed by atoms with E-state index in [0.717, 1.165) is 36.8 Å². The summed E-state index contributed by atoms with van der Waals surface area (Å²) in [4.78, 5) is 35.2. The van der Waals surface area contributed by atoms with Crippen LogP contribution in [0, 0.1) is 0 Å². The summed E-state index contributed by atoms with van der Waals surface area (Å²) in [6, 6.07) is 9.73. The van der Waals surface area contributed by atoms with Crippen molar-refractivity contribution in [2.45, 2.75) is 32.5 Å². The maximum atomic E-state index is 13.7. The van der Waals surface area contributed by atoms with Gasteiger partial charge in [-0.1, -0.05) is 24.3 Å². The molecule has 1 amide bonds. The molecule has 0 saturated carbocycles. The fourth-order valence-corrected chi connectivity index (χ4v) is 5.35. The van der Waals surface area contributed by atoms with Crippen molar-refractivity contribution < 1.29 is 9.53 Å². The molecule has 2 aliphatic heterocycles. The third kappa shape index (κ3) is 3.96. The molecule has 0 atom stereocenters. The molecule has 7 nitrogen and oxygen atoms in total. The van der Waals surface area contributed by atoms with Crippen molar-refractivity contribution in [2.75, 3.05) is 26.7 Å². The Labute approximate surface area is 190 Å². The summed E-state index contributed by atoms with van der Waals surface area (Å²) >= 11 is 1.64. The van der Waals surface area contributed by atoms with Crippen molar-refractivity contribution in [2.24, 2.45) is 0 Å². The predicted molar refractivity (Wildman–Crippen MR) is 123 cm³/mol. The Hall–Kier alpha value is -2.97. The molecule has 8 heteroatoms. The van der Waals surface area contributed by atoms with Gasteiger partial charge in [-0.3, -0.25) is 14.5 Å². The standard InChI is InChI=1S/C24H26N4O3S/c1-31-20-14-22(29)28-12-11-26(16-21-25-8-13-32-21)9-7-19(28)23(20)24(30)27-10-6-17-4-2-3-5-18(17)15-27/h2-5,8,13-14H,6-7,9-12,15-16H2,1H3. The number of carbonyl (C=O) groups excluding carboxylic acids is 1. The lowest BCUT2D eigenvalue weighted by Gasteiger charge is -2.30. The molecular formula is C24H26N4O3S. The van der Waals surface area contributed by atoms with E-state index in [4.69, 9.17) is 4.74 Å². The summed E-state index contributed by atoms with van der Waals surface area (Å²) in [5.41, 5.74) is 3.67. The van der Waals surface area contributed by atoms with Gasteiger partial charge in [0.2, 0.25) is 0 Å². The van der Waals surface area contributed by atoms with Crippen LogP contribution in [0.1, 0.15) is 32.2 Å². The van der Waals surface area contributed by atoms with Gasteiger partial charge in [0.25, 0.3) is 11.5 Å². The van der Waals surface area contributed by atoms with Gasteiger partial charge in [0, 0.05) is 62.5 Å². The molecule has 0 aliphatic carbocycles. The molecule has 0 N–H and O–H groups in total. The Bertz CT molecular complexity index is 1190. The van der Waals surface area contributed by atoms with Crippen molar-refractivity contribution in [3.05, 3.63) is 79.7 Å². The van der Waals surface area contributed by atoms with E-state index in [1.54, 1.807) is 15.9 Å². The molecule has 0 saturated heterocycles. The van der Waals surface area contributed by atoms with Crippen LogP contribution in [0.4, 0.5) is 0 Å². The summed E-state index contributed by atoms with van der Waals surface area (Å²) in [6.07, 6.45) is 3.26. The number of benzene rings is 1. The minimum Gasteiger partial charge on any atom is -0.496 e. The maximum Gasteiger partial charge on any atom is 0.259 e. The van der Waals surface area contributed by atoms with Crippen LogP contribution in [-0.2, 0) is 32.5 Å². The van der Waals surface area contributed by atoms with Crippen LogP contribution in [0.25, 0.3) is 0 Å². The fraction of sp³-hybridized carbons (Fsp3) is 0.375. The summed E-state index contributed by atoms with van der Waals surface area (Å²) in [7, 11) is 1.53. The van der Waals surface area contributed by atoms with Crippen LogP contribution in [0.3, 0.4) is 0 Å². The molecular weight excluding hydrogens is 424 g/mol. The predicted octanol–water partition coefficient (Wildman–Crippen LogP) is 2.57. The third-order valence-corrected chi connectivity index (χ3v) is 7.14. The number of hydrogen-bond donors (Lipinski definition) is 0. The highest BCUT2D eigenvalue weighted by Gasteiger charge is 2.30. The molecule has 0 radical (unpaired) electrons. The zero-order chi connectivity index (χ0) is 22.1. The highest BCUT2D eigenvalue weighted by Crippen LogP contribution is 2.27. The number of carbonyl (C=O) groups is 1. The van der Waals surface area contributed by atoms with Crippen LogP contribution in [0.5, 0.6) is 5.75 Å². The first-order valence-electron chi connectivity index (χ1n) is 10.9. The lowest BCUT2D eigenvalue weighted by Crippen LogP contribution is -2.38. The van der Waals surface area contributed by atoms with Crippen molar-refractivity contribution in [3.63, 3.8) is 0 Å². The van der Waals surface area contributed by atoms with E-state index in [1.807, 2.05) is 28.6 Å². The molecule has 0 spiro atoms. The van der Waals surface area contributed by atoms with Gasteiger partial charge in [0.05, 0.1) is 13.7 Å². The number of hydrogen-bond acceptors (Lipinski definition) is 6. The number of amides is 1. The van der Waals surface area contributed by atoms with Crippen LogP contribution in [0.15, 0.2) is 46.7 Å². The lowest BCUT2D eigenvalue weighted by atomic mass is 9.98. The van der Waals surface area contributed by atoms with Crippen LogP contribution < -0.4 is 10.3 Å². The number of thiazole rings is 1. The minimum atomic E-state index is -0.117. The number of rotatable bonds is 4. The summed E-state index contributed by atoms with van der Waals surface area (Å²) in [5, 5.41) is 3.04. The van der Waals surface area contributed by atoms with Gasteiger partial charge >= 0.3 is 0 Å². The molecule has 0 bridgehead atoms. The molecule has 32 heavy (non-hydrogen) atoms. The van der Waals surface area contributed by atoms with Gasteiger partial charge < -0.3 is 14.2 Å². The van der Waals surface area contributed by atoms with E-state index in [9.17, 15) is 9.59 Å². The molecule has 3 aromatic rings. The summed E-state index contributed by atoms with van der Waals surface area (Å²) in [5.74, 6) is 0.312. The first-order chi connectivity index (χ1) is 15.6. The minimum absolute atomic E-state index is 0.0616. The fourth-order valence-electron chi connectivity index (χ4n) is 4.69. The van der Waals surface area contributed by atoms with Gasteiger partial charge in [-0.25, -0.2) is 4.98 Å². The monoisotopic (exact) mass is 450 g/mol. The SMILES string of the molecule is COc1cc(=O)n2c(c1C(=O)N1CCc3ccccc3C1)CCN(Cc1nccs1)CC2. The largest absolute Gasteiger partial charge is 0.496 e. The molecule has 1 aromatic carbocycles. The van der Waals surface area contributed by atoms with E-state index in [-0.39, 0.29) is 11.5 Å². The quantitative estimate of drug-likeness (QED) is 0.611. The number of aromatic nitrogens is 2. The molecule has 2 aromatic heterocycles. The van der Waals surface area contributed by atoms with Gasteiger partial charge in [-0.15, -0.1) is 11.3 Å². The number of ether oxygens (including phenoxy) is 1. The maximum absolute atomic E-state index is 13.7. The first-order valence-corrected chi connectivity index (χ1v) is 11.8. The normalized spacial score (nSPS) is 16.2. The van der Waals surface area contributed by atoms with Crippen LogP contribution in [-0.4, -0.2) is 52.0 Å². The second-order valence-corrected chi connectivity index (χ2v) is 9.20. The van der Waals surface area contributed by atoms with E-state index < -0.39 is 0 Å². The van der Waals surface area contributed by atoms with Gasteiger partial charge in [-0.05, 0) is 17.5 Å². The second-order valence-electron chi connectivity index (χ2n) is 8.22. The third-order valence-electron chi connectivity index (χ3n) is 6.38. The van der Waals surface area contributed by atoms with Crippen molar-refractivity contribution in [3.8, 4) is 5.75 Å². The Kier molecular flexibility index (Phi) is 5.80. The topological polar surface area (TPSA) is 67.7 Å². The van der Waals surface area contributed by atoms with Gasteiger partial charge in [0.1, 0.15) is 16.3 Å². The average molecular weight is 451 g/mol. The highest BCUT2D eigenvalue weighted by molar-refractivity contribution is 7.09. The summed E-state index contributed by atoms with van der Waals surface area (Å²) < 4.78 is 7.30. The number of fused-ring (bicyclic) bond motifs is 2. The van der Waals surface area contributed by atoms with Crippen molar-refractivity contribution >= 4 is 17.2 Å².